The summed E-state index contributed by atoms with van der Waals surface area (Å²) in [5.74, 6) is -0.0474. The van der Waals surface area contributed by atoms with Gasteiger partial charge in [0.15, 0.2) is 4.34 Å². The summed E-state index contributed by atoms with van der Waals surface area (Å²) in [4.78, 5) is 14.0. The van der Waals surface area contributed by atoms with Gasteiger partial charge in [0, 0.05) is 22.5 Å². The number of hydrogen-bond acceptors (Lipinski definition) is 7. The van der Waals surface area contributed by atoms with E-state index in [1.807, 2.05) is 49.4 Å². The predicted molar refractivity (Wildman–Crippen MR) is 124 cm³/mol. The first-order chi connectivity index (χ1) is 14.2. The Bertz CT molecular complexity index is 1090. The van der Waals surface area contributed by atoms with Crippen LogP contribution in [0.1, 0.15) is 11.8 Å². The van der Waals surface area contributed by atoms with Crippen molar-refractivity contribution in [1.82, 2.24) is 10.2 Å². The highest BCUT2D eigenvalue weighted by atomic mass is 32.2. The number of thioether (sulfide) groups is 1. The molecule has 0 spiro atoms. The molecule has 1 amide bonds. The van der Waals surface area contributed by atoms with Gasteiger partial charge < -0.3 is 10.6 Å². The molecular weight excluding hydrogens is 420 g/mol. The topological polar surface area (TPSA) is 66.9 Å². The highest BCUT2D eigenvalue weighted by Crippen LogP contribution is 2.30. The van der Waals surface area contributed by atoms with Crippen LogP contribution in [-0.4, -0.2) is 27.9 Å². The zero-order valence-corrected chi connectivity index (χ0v) is 18.2. The van der Waals surface area contributed by atoms with Gasteiger partial charge in [0.25, 0.3) is 0 Å². The molecule has 0 aliphatic carbocycles. The number of nitrogens with one attached hydrogen (secondary N) is 2. The first-order valence-corrected chi connectivity index (χ1v) is 11.8. The summed E-state index contributed by atoms with van der Waals surface area (Å²) in [6.45, 7) is 2.70. The number of thiophene rings is 1. The number of hydrogen-bond donors (Lipinski definition) is 2. The quantitative estimate of drug-likeness (QED) is 0.353. The monoisotopic (exact) mass is 440 g/mol. The minimum Gasteiger partial charge on any atom is -0.360 e. The summed E-state index contributed by atoms with van der Waals surface area (Å²) in [5.41, 5.74) is 0.828. The lowest BCUT2D eigenvalue weighted by Crippen LogP contribution is -2.22. The zero-order chi connectivity index (χ0) is 20.1. The molecule has 1 unspecified atom stereocenters. The smallest absolute Gasteiger partial charge is 0.237 e. The van der Waals surface area contributed by atoms with Gasteiger partial charge in [-0.1, -0.05) is 65.6 Å². The highest BCUT2D eigenvalue weighted by molar-refractivity contribution is 8.02. The van der Waals surface area contributed by atoms with Crippen molar-refractivity contribution in [3.8, 4) is 0 Å². The van der Waals surface area contributed by atoms with E-state index in [1.165, 1.54) is 28.0 Å². The van der Waals surface area contributed by atoms with E-state index < -0.39 is 0 Å². The maximum atomic E-state index is 12.7. The highest BCUT2D eigenvalue weighted by Gasteiger charge is 2.18. The van der Waals surface area contributed by atoms with Crippen LogP contribution in [0.5, 0.6) is 0 Å². The van der Waals surface area contributed by atoms with Gasteiger partial charge >= 0.3 is 0 Å². The molecule has 148 valence electrons. The number of fused-ring (bicyclic) bond motifs is 1. The Morgan fingerprint density at radius 2 is 1.97 bits per heavy atom. The van der Waals surface area contributed by atoms with Crippen LogP contribution in [0.2, 0.25) is 0 Å². The molecule has 1 atom stereocenters. The van der Waals surface area contributed by atoms with Crippen molar-refractivity contribution < 1.29 is 4.79 Å². The average Bonchev–Trinajstić information content (AvgIpc) is 3.40. The van der Waals surface area contributed by atoms with E-state index in [4.69, 9.17) is 0 Å². The van der Waals surface area contributed by atoms with Gasteiger partial charge in [-0.3, -0.25) is 4.79 Å². The van der Waals surface area contributed by atoms with Crippen molar-refractivity contribution in [1.29, 1.82) is 0 Å². The number of rotatable bonds is 8. The molecular formula is C21H20N4OS3. The third-order valence-corrected chi connectivity index (χ3v) is 7.33. The fourth-order valence-corrected chi connectivity index (χ4v) is 5.48. The third kappa shape index (κ3) is 5.14. The van der Waals surface area contributed by atoms with Crippen LogP contribution in [-0.2, 0) is 11.2 Å². The predicted octanol–water partition coefficient (Wildman–Crippen LogP) is 5.53. The number of benzene rings is 2. The minimum absolute atomic E-state index is 0.0474. The largest absolute Gasteiger partial charge is 0.360 e. The SMILES string of the molecule is CC(Sc1nnc(NCCc2cccs2)s1)C(=O)Nc1cccc2ccccc12. The number of nitrogens with zero attached hydrogens (tertiary/aromatic N) is 2. The summed E-state index contributed by atoms with van der Waals surface area (Å²) in [6, 6.07) is 18.1. The Morgan fingerprint density at radius 3 is 2.83 bits per heavy atom. The van der Waals surface area contributed by atoms with E-state index in [1.54, 1.807) is 11.3 Å². The van der Waals surface area contributed by atoms with Crippen LogP contribution >= 0.6 is 34.4 Å². The van der Waals surface area contributed by atoms with E-state index in [2.05, 4.69) is 38.3 Å². The van der Waals surface area contributed by atoms with Crippen LogP contribution in [0.4, 0.5) is 10.8 Å². The third-order valence-electron chi connectivity index (χ3n) is 4.33. The van der Waals surface area contributed by atoms with Gasteiger partial charge in [0.2, 0.25) is 11.0 Å². The number of amides is 1. The molecule has 8 heteroatoms. The van der Waals surface area contributed by atoms with Crippen molar-refractivity contribution in [2.75, 3.05) is 17.2 Å². The second-order valence-electron chi connectivity index (χ2n) is 6.41. The van der Waals surface area contributed by atoms with Gasteiger partial charge in [-0.15, -0.1) is 21.5 Å². The number of anilines is 2. The lowest BCUT2D eigenvalue weighted by Gasteiger charge is -2.12. The van der Waals surface area contributed by atoms with Crippen LogP contribution in [0, 0.1) is 0 Å². The fraction of sp³-hybridized carbons (Fsp3) is 0.190. The Morgan fingerprint density at radius 1 is 1.10 bits per heavy atom. The van der Waals surface area contributed by atoms with Gasteiger partial charge in [-0.05, 0) is 36.2 Å². The van der Waals surface area contributed by atoms with Gasteiger partial charge in [0.05, 0.1) is 5.25 Å². The van der Waals surface area contributed by atoms with Gasteiger partial charge in [0.1, 0.15) is 0 Å². The second-order valence-corrected chi connectivity index (χ2v) is 10.0. The summed E-state index contributed by atoms with van der Waals surface area (Å²) >= 11 is 4.66. The molecule has 0 saturated carbocycles. The Labute approximate surface area is 181 Å². The molecule has 29 heavy (non-hydrogen) atoms. The molecule has 4 aromatic rings. The Kier molecular flexibility index (Phi) is 6.43. The molecule has 5 nitrogen and oxygen atoms in total. The minimum atomic E-state index is -0.277. The first kappa shape index (κ1) is 19.9. The molecule has 2 N–H and O–H groups in total. The van der Waals surface area contributed by atoms with Gasteiger partial charge in [-0.25, -0.2) is 0 Å². The standard InChI is InChI=1S/C21H20N4OS3/c1-14(19(26)23-18-10-4-7-15-6-2-3-9-17(15)18)28-21-25-24-20(29-21)22-12-11-16-8-5-13-27-16/h2-10,13-14H,11-12H2,1H3,(H,22,24)(H,23,26). The van der Waals surface area contributed by atoms with Crippen molar-refractivity contribution in [3.63, 3.8) is 0 Å². The van der Waals surface area contributed by atoms with E-state index in [0.717, 1.165) is 38.9 Å². The van der Waals surface area contributed by atoms with E-state index >= 15 is 0 Å². The summed E-state index contributed by atoms with van der Waals surface area (Å²) in [7, 11) is 0. The van der Waals surface area contributed by atoms with Crippen LogP contribution < -0.4 is 10.6 Å². The van der Waals surface area contributed by atoms with Crippen LogP contribution in [0.25, 0.3) is 10.8 Å². The van der Waals surface area contributed by atoms with E-state index in [0.29, 0.717) is 0 Å². The second kappa shape index (κ2) is 9.39. The molecule has 0 bridgehead atoms. The van der Waals surface area contributed by atoms with Crippen LogP contribution in [0.3, 0.4) is 0 Å². The van der Waals surface area contributed by atoms with Crippen molar-refractivity contribution >= 4 is 61.9 Å². The fourth-order valence-electron chi connectivity index (χ4n) is 2.85. The number of carbonyl (C=O) groups is 1. The maximum absolute atomic E-state index is 12.7. The summed E-state index contributed by atoms with van der Waals surface area (Å²) < 4.78 is 0.782. The summed E-state index contributed by atoms with van der Waals surface area (Å²) in [6.07, 6.45) is 0.962. The lowest BCUT2D eigenvalue weighted by molar-refractivity contribution is -0.115. The van der Waals surface area contributed by atoms with Crippen molar-refractivity contribution in [2.24, 2.45) is 0 Å². The number of carbonyl (C=O) groups excluding carboxylic acids is 1. The zero-order valence-electron chi connectivity index (χ0n) is 15.8. The van der Waals surface area contributed by atoms with Crippen molar-refractivity contribution in [3.05, 3.63) is 64.9 Å². The molecule has 2 aromatic heterocycles. The van der Waals surface area contributed by atoms with Gasteiger partial charge in [-0.2, -0.15) is 0 Å². The maximum Gasteiger partial charge on any atom is 0.237 e. The molecule has 0 aliphatic heterocycles. The van der Waals surface area contributed by atoms with Crippen molar-refractivity contribution in [2.45, 2.75) is 22.9 Å². The molecule has 4 rings (SSSR count). The molecule has 0 aliphatic rings. The first-order valence-electron chi connectivity index (χ1n) is 9.24. The normalized spacial score (nSPS) is 12.0. The molecule has 0 fully saturated rings. The number of aromatic nitrogens is 2. The molecule has 2 aromatic carbocycles. The summed E-state index contributed by atoms with van der Waals surface area (Å²) in [5, 5.41) is 19.5. The lowest BCUT2D eigenvalue weighted by atomic mass is 10.1. The Balaban J connectivity index is 1.32. The van der Waals surface area contributed by atoms with E-state index in [9.17, 15) is 4.79 Å². The van der Waals surface area contributed by atoms with E-state index in [-0.39, 0.29) is 11.2 Å². The van der Waals surface area contributed by atoms with Crippen LogP contribution in [0.15, 0.2) is 64.3 Å². The molecule has 0 saturated heterocycles. The average molecular weight is 441 g/mol. The Hall–Kier alpha value is -2.42. The molecule has 2 heterocycles. The molecule has 0 radical (unpaired) electrons.